The number of methoxy groups -OCH3 is 1. The Morgan fingerprint density at radius 3 is 2.37 bits per heavy atom. The Hall–Kier alpha value is -6.30. The lowest BCUT2D eigenvalue weighted by atomic mass is 9.77. The van der Waals surface area contributed by atoms with Crippen LogP contribution in [-0.2, 0) is 15.2 Å². The van der Waals surface area contributed by atoms with Gasteiger partial charge in [0.15, 0.2) is 17.2 Å². The summed E-state index contributed by atoms with van der Waals surface area (Å²) in [5.41, 5.74) is 7.94. The van der Waals surface area contributed by atoms with Crippen molar-refractivity contribution in [3.05, 3.63) is 100 Å². The van der Waals surface area contributed by atoms with Gasteiger partial charge in [0.25, 0.3) is 0 Å². The van der Waals surface area contributed by atoms with Crippen LogP contribution in [0.15, 0.2) is 66.7 Å². The molecule has 1 saturated carbocycles. The highest BCUT2D eigenvalue weighted by atomic mass is 35.5. The van der Waals surface area contributed by atoms with E-state index in [4.69, 9.17) is 31.8 Å². The van der Waals surface area contributed by atoms with Crippen LogP contribution in [-0.4, -0.2) is 116 Å². The highest BCUT2D eigenvalue weighted by Crippen LogP contribution is 2.56. The fraction of sp³-hybridized carbons (Fsp3) is 0.442. The topological polar surface area (TPSA) is 178 Å². The van der Waals surface area contributed by atoms with Gasteiger partial charge in [0, 0.05) is 112 Å². The molecular formula is C52H58ClF2N9O6. The second kappa shape index (κ2) is 19.5. The number of H-pyrrole nitrogens is 1. The van der Waals surface area contributed by atoms with E-state index < -0.39 is 35.1 Å². The molecule has 5 aliphatic rings. The zero-order chi connectivity index (χ0) is 48.8. The lowest BCUT2D eigenvalue weighted by Crippen LogP contribution is -2.50. The van der Waals surface area contributed by atoms with Gasteiger partial charge >= 0.3 is 6.03 Å². The van der Waals surface area contributed by atoms with Gasteiger partial charge in [-0.15, -0.1) is 0 Å². The highest BCUT2D eigenvalue weighted by Gasteiger charge is 2.50. The summed E-state index contributed by atoms with van der Waals surface area (Å²) in [5, 5.41) is 5.78. The van der Waals surface area contributed by atoms with Gasteiger partial charge in [-0.05, 0) is 80.3 Å². The molecule has 5 amide bonds. The minimum atomic E-state index is -1.07. The van der Waals surface area contributed by atoms with Crippen LogP contribution in [0, 0.1) is 23.5 Å². The third kappa shape index (κ3) is 8.91. The number of piperazine rings is 1. The molecular weight excluding hydrogens is 920 g/mol. The quantitative estimate of drug-likeness (QED) is 0.0991. The van der Waals surface area contributed by atoms with Crippen LogP contribution in [0.2, 0.25) is 5.02 Å². The standard InChI is InChI=1S/C52H58ClF2N9O6/c1-30-43-41(27-37(54)46(53)45(43)44-36(48(56)66)13-15-40(69-2)47(44)55)70-52(30,33-6-4-3-5-7-33)29-57-34-10-8-32(9-11-34)49(67)62-19-16-31(17-20-62)28-61-22-24-63(25-23-61)50-58-38-14-12-35(26-39(38)59-50)64-21-18-42(65)60-51(64)68/h3-7,12-15,26-27,30-32,34,57H,8-11,16-25,28-29H2,1-2H3,(H2,56,66)(H,58,59)(H,60,65,68)/t30-,32?,34?,52-/m0/s1. The first-order valence-corrected chi connectivity index (χ1v) is 24.7. The fourth-order valence-electron chi connectivity index (χ4n) is 11.4. The van der Waals surface area contributed by atoms with E-state index in [0.29, 0.717) is 24.6 Å². The maximum Gasteiger partial charge on any atom is 0.328 e. The van der Waals surface area contributed by atoms with E-state index in [2.05, 4.69) is 30.3 Å². The first kappa shape index (κ1) is 47.4. The number of benzene rings is 4. The third-order valence-electron chi connectivity index (χ3n) is 15.4. The Kier molecular flexibility index (Phi) is 13.2. The summed E-state index contributed by atoms with van der Waals surface area (Å²) >= 11 is 6.70. The number of halogens is 3. The van der Waals surface area contributed by atoms with Crippen LogP contribution in [0.3, 0.4) is 0 Å². The van der Waals surface area contributed by atoms with E-state index in [-0.39, 0.29) is 63.4 Å². The van der Waals surface area contributed by atoms with E-state index >= 15 is 8.78 Å². The normalized spacial score (nSPS) is 23.3. The number of primary amides is 1. The zero-order valence-corrected chi connectivity index (χ0v) is 40.1. The summed E-state index contributed by atoms with van der Waals surface area (Å²) in [6.45, 7) is 8.65. The number of imide groups is 1. The Labute approximate surface area is 410 Å². The predicted octanol–water partition coefficient (Wildman–Crippen LogP) is 7.32. The summed E-state index contributed by atoms with van der Waals surface area (Å²) < 4.78 is 44.1. The number of nitrogens with one attached hydrogen (secondary N) is 3. The Morgan fingerprint density at radius 2 is 1.67 bits per heavy atom. The zero-order valence-electron chi connectivity index (χ0n) is 39.4. The molecule has 0 unspecified atom stereocenters. The number of piperidine rings is 1. The van der Waals surface area contributed by atoms with Crippen LogP contribution >= 0.6 is 11.6 Å². The maximum absolute atomic E-state index is 16.2. The maximum atomic E-state index is 16.2. The van der Waals surface area contributed by atoms with Gasteiger partial charge in [0.2, 0.25) is 23.7 Å². The van der Waals surface area contributed by atoms with Gasteiger partial charge in [-0.2, -0.15) is 0 Å². The molecule has 18 heteroatoms. The van der Waals surface area contributed by atoms with Crippen molar-refractivity contribution in [2.24, 2.45) is 17.6 Å². The second-order valence-electron chi connectivity index (χ2n) is 19.4. The summed E-state index contributed by atoms with van der Waals surface area (Å²) in [6, 6.07) is 18.9. The minimum absolute atomic E-state index is 0.00115. The molecule has 5 N–H and O–H groups in total. The summed E-state index contributed by atoms with van der Waals surface area (Å²) in [7, 11) is 1.30. The van der Waals surface area contributed by atoms with Gasteiger partial charge in [0.05, 0.1) is 28.7 Å². The minimum Gasteiger partial charge on any atom is -0.494 e. The van der Waals surface area contributed by atoms with Crippen LogP contribution < -0.4 is 35.6 Å². The number of fused-ring (bicyclic) bond motifs is 2. The monoisotopic (exact) mass is 977 g/mol. The van der Waals surface area contributed by atoms with Gasteiger partial charge in [-0.25, -0.2) is 18.6 Å². The van der Waals surface area contributed by atoms with Gasteiger partial charge in [-0.1, -0.05) is 48.9 Å². The third-order valence-corrected chi connectivity index (χ3v) is 15.8. The number of urea groups is 1. The number of nitrogens with zero attached hydrogens (tertiary/aromatic N) is 5. The number of likely N-dealkylation sites (tertiary alicyclic amines) is 1. The lowest BCUT2D eigenvalue weighted by Gasteiger charge is -2.40. The van der Waals surface area contributed by atoms with Gasteiger partial charge in [0.1, 0.15) is 11.6 Å². The van der Waals surface area contributed by atoms with Crippen molar-refractivity contribution in [1.82, 2.24) is 30.4 Å². The second-order valence-corrected chi connectivity index (χ2v) is 19.8. The number of nitrogens with two attached hydrogens (primary N) is 1. The number of aromatic amines is 1. The first-order chi connectivity index (χ1) is 33.8. The number of carbonyl (C=O) groups is 4. The molecule has 2 atom stereocenters. The number of ether oxygens (including phenoxy) is 2. The molecule has 0 bridgehead atoms. The molecule has 5 aromatic rings. The van der Waals surface area contributed by atoms with Crippen LogP contribution in [0.25, 0.3) is 22.2 Å². The molecule has 1 aromatic heterocycles. The molecule has 1 aliphatic carbocycles. The van der Waals surface area contributed by atoms with Crippen molar-refractivity contribution in [2.75, 3.05) is 75.8 Å². The molecule has 4 aromatic carbocycles. The van der Waals surface area contributed by atoms with Gasteiger partial charge < -0.3 is 35.3 Å². The molecule has 70 heavy (non-hydrogen) atoms. The molecule has 4 fully saturated rings. The number of imidazole rings is 1. The summed E-state index contributed by atoms with van der Waals surface area (Å²) in [6.07, 6.45) is 5.33. The largest absolute Gasteiger partial charge is 0.494 e. The average molecular weight is 979 g/mol. The number of amides is 5. The summed E-state index contributed by atoms with van der Waals surface area (Å²) in [5.74, 6) is -1.80. The number of anilines is 2. The molecule has 10 rings (SSSR count). The van der Waals surface area contributed by atoms with E-state index in [1.165, 1.54) is 25.3 Å². The Balaban J connectivity index is 0.724. The van der Waals surface area contributed by atoms with Crippen molar-refractivity contribution >= 4 is 58.0 Å². The summed E-state index contributed by atoms with van der Waals surface area (Å²) in [4.78, 5) is 67.4. The van der Waals surface area contributed by atoms with Crippen LogP contribution in [0.4, 0.5) is 25.2 Å². The fourth-order valence-corrected chi connectivity index (χ4v) is 11.7. The van der Waals surface area contributed by atoms with Crippen molar-refractivity contribution < 1.29 is 37.4 Å². The Bertz CT molecular complexity index is 2830. The molecule has 0 spiro atoms. The predicted molar refractivity (Wildman–Crippen MR) is 262 cm³/mol. The van der Waals surface area contributed by atoms with E-state index in [9.17, 15) is 19.2 Å². The SMILES string of the molecule is COc1ccc(C(N)=O)c(-c2c(Cl)c(F)cc3c2[C@H](C)[C@@](CNC2CCC(C(=O)N4CCC(CN5CCN(c6nc7ccc(N8CCC(=O)NC8=O)cc7[nH]6)CC5)CC4)CC2)(c2ccccc2)O3)c1F. The average Bonchev–Trinajstić information content (AvgIpc) is 3.92. The molecule has 368 valence electrons. The molecule has 3 saturated heterocycles. The number of carbonyl (C=O) groups excluding carboxylic acids is 4. The molecule has 4 aliphatic heterocycles. The van der Waals surface area contributed by atoms with Crippen molar-refractivity contribution in [3.63, 3.8) is 0 Å². The molecule has 0 radical (unpaired) electrons. The smallest absolute Gasteiger partial charge is 0.328 e. The van der Waals surface area contributed by atoms with Crippen molar-refractivity contribution in [2.45, 2.75) is 69.4 Å². The van der Waals surface area contributed by atoms with Crippen molar-refractivity contribution in [1.29, 1.82) is 0 Å². The van der Waals surface area contributed by atoms with E-state index in [1.54, 1.807) is 4.90 Å². The van der Waals surface area contributed by atoms with Gasteiger partial charge in [-0.3, -0.25) is 29.5 Å². The number of aromatic nitrogens is 2. The van der Waals surface area contributed by atoms with Crippen molar-refractivity contribution in [3.8, 4) is 22.6 Å². The number of rotatable bonds is 12. The van der Waals surface area contributed by atoms with E-state index in [0.717, 1.165) is 113 Å². The highest BCUT2D eigenvalue weighted by molar-refractivity contribution is 6.34. The number of hydrogen-bond acceptors (Lipinski definition) is 10. The Morgan fingerprint density at radius 1 is 0.929 bits per heavy atom. The van der Waals surface area contributed by atoms with Crippen LogP contribution in [0.1, 0.15) is 79.3 Å². The van der Waals surface area contributed by atoms with Crippen LogP contribution in [0.5, 0.6) is 11.5 Å². The number of hydrogen-bond donors (Lipinski definition) is 4. The lowest BCUT2D eigenvalue weighted by molar-refractivity contribution is -0.138. The first-order valence-electron chi connectivity index (χ1n) is 24.4. The van der Waals surface area contributed by atoms with E-state index in [1.807, 2.05) is 55.5 Å². The molecule has 15 nitrogen and oxygen atoms in total. The molecule has 5 heterocycles.